The largest absolute Gasteiger partial charge is 0.396 e. The maximum atomic E-state index is 12.7. The Labute approximate surface area is 117 Å². The third-order valence-electron chi connectivity index (χ3n) is 4.83. The first-order valence-corrected chi connectivity index (χ1v) is 7.81. The van der Waals surface area contributed by atoms with Gasteiger partial charge in [-0.15, -0.1) is 0 Å². The highest BCUT2D eigenvalue weighted by Crippen LogP contribution is 2.42. The van der Waals surface area contributed by atoms with E-state index >= 15 is 0 Å². The van der Waals surface area contributed by atoms with E-state index in [1.807, 2.05) is 4.90 Å². The Bertz CT molecular complexity index is 327. The summed E-state index contributed by atoms with van der Waals surface area (Å²) in [6, 6.07) is 0. The van der Waals surface area contributed by atoms with Crippen molar-refractivity contribution in [3.8, 4) is 0 Å². The maximum Gasteiger partial charge on any atom is 0.225 e. The molecule has 0 aromatic rings. The first-order chi connectivity index (χ1) is 8.91. The molecule has 110 valence electrons. The van der Waals surface area contributed by atoms with Gasteiger partial charge in [-0.1, -0.05) is 20.8 Å². The normalized spacial score (nSPS) is 35.2. The zero-order valence-electron chi connectivity index (χ0n) is 12.7. The fourth-order valence-electron chi connectivity index (χ4n) is 4.21. The molecule has 2 aliphatic rings. The molecule has 1 N–H and O–H groups in total. The first-order valence-electron chi connectivity index (χ1n) is 7.81. The minimum absolute atomic E-state index is 0.205. The number of piperidine rings is 1. The predicted octanol–water partition coefficient (Wildman–Crippen LogP) is 2.68. The molecule has 1 aliphatic heterocycles. The molecule has 0 aromatic heterocycles. The number of carbonyl (C=O) groups excluding carboxylic acids is 1. The van der Waals surface area contributed by atoms with Crippen LogP contribution < -0.4 is 0 Å². The summed E-state index contributed by atoms with van der Waals surface area (Å²) in [6.07, 6.45) is 5.41. The zero-order chi connectivity index (χ0) is 14.0. The summed E-state index contributed by atoms with van der Waals surface area (Å²) in [5.41, 5.74) is 0.296. The lowest BCUT2D eigenvalue weighted by Crippen LogP contribution is -2.46. The molecule has 3 atom stereocenters. The standard InChI is InChI=1S/C16H29NO2/c1-12-7-14(9-16(2,3)8-12)15(19)17-6-4-5-13(10-17)11-18/h12-14,18H,4-11H2,1-3H3. The maximum absolute atomic E-state index is 12.7. The highest BCUT2D eigenvalue weighted by atomic mass is 16.3. The number of nitrogens with zero attached hydrogens (tertiary/aromatic N) is 1. The Balaban J connectivity index is 1.98. The Hall–Kier alpha value is -0.570. The topological polar surface area (TPSA) is 40.5 Å². The summed E-state index contributed by atoms with van der Waals surface area (Å²) in [6.45, 7) is 8.72. The Morgan fingerprint density at radius 3 is 2.74 bits per heavy atom. The van der Waals surface area contributed by atoms with E-state index in [0.717, 1.165) is 38.8 Å². The second kappa shape index (κ2) is 5.82. The van der Waals surface area contributed by atoms with Crippen LogP contribution in [0.25, 0.3) is 0 Å². The number of hydrogen-bond donors (Lipinski definition) is 1. The van der Waals surface area contributed by atoms with Gasteiger partial charge in [-0.2, -0.15) is 0 Å². The molecule has 1 heterocycles. The molecule has 2 fully saturated rings. The van der Waals surface area contributed by atoms with Crippen molar-refractivity contribution in [2.75, 3.05) is 19.7 Å². The van der Waals surface area contributed by atoms with Crippen LogP contribution in [-0.2, 0) is 4.79 Å². The Morgan fingerprint density at radius 2 is 2.11 bits per heavy atom. The number of hydrogen-bond acceptors (Lipinski definition) is 2. The third kappa shape index (κ3) is 3.71. The van der Waals surface area contributed by atoms with Gasteiger partial charge in [0.2, 0.25) is 5.91 Å². The molecule has 3 unspecified atom stereocenters. The molecule has 0 aromatic carbocycles. The molecule has 0 spiro atoms. The lowest BCUT2D eigenvalue weighted by Gasteiger charge is -2.41. The van der Waals surface area contributed by atoms with E-state index in [4.69, 9.17) is 0 Å². The van der Waals surface area contributed by atoms with Gasteiger partial charge < -0.3 is 10.0 Å². The van der Waals surface area contributed by atoms with E-state index in [-0.39, 0.29) is 12.5 Å². The van der Waals surface area contributed by atoms with Gasteiger partial charge in [0.1, 0.15) is 0 Å². The molecule has 3 heteroatoms. The van der Waals surface area contributed by atoms with Gasteiger partial charge in [0.15, 0.2) is 0 Å². The quantitative estimate of drug-likeness (QED) is 0.835. The van der Waals surface area contributed by atoms with Gasteiger partial charge in [0.05, 0.1) is 0 Å². The van der Waals surface area contributed by atoms with E-state index in [1.165, 1.54) is 6.42 Å². The Morgan fingerprint density at radius 1 is 1.37 bits per heavy atom. The van der Waals surface area contributed by atoms with E-state index in [0.29, 0.717) is 23.2 Å². The van der Waals surface area contributed by atoms with Crippen molar-refractivity contribution in [2.24, 2.45) is 23.2 Å². The number of carbonyl (C=O) groups is 1. The van der Waals surface area contributed by atoms with Crippen LogP contribution in [0.1, 0.15) is 52.9 Å². The molecule has 19 heavy (non-hydrogen) atoms. The van der Waals surface area contributed by atoms with Gasteiger partial charge in [-0.3, -0.25) is 4.79 Å². The van der Waals surface area contributed by atoms with Crippen molar-refractivity contribution in [1.82, 2.24) is 4.90 Å². The number of likely N-dealkylation sites (tertiary alicyclic amines) is 1. The van der Waals surface area contributed by atoms with Crippen LogP contribution in [-0.4, -0.2) is 35.6 Å². The zero-order valence-corrected chi connectivity index (χ0v) is 12.7. The van der Waals surface area contributed by atoms with Crippen molar-refractivity contribution < 1.29 is 9.90 Å². The Kier molecular flexibility index (Phi) is 4.54. The van der Waals surface area contributed by atoms with Gasteiger partial charge in [-0.25, -0.2) is 0 Å². The lowest BCUT2D eigenvalue weighted by molar-refractivity contribution is -0.140. The number of aliphatic hydroxyl groups excluding tert-OH is 1. The second-order valence-electron chi connectivity index (χ2n) is 7.59. The minimum atomic E-state index is 0.205. The van der Waals surface area contributed by atoms with Crippen molar-refractivity contribution >= 4 is 5.91 Å². The molecule has 1 saturated heterocycles. The van der Waals surface area contributed by atoms with Crippen LogP contribution >= 0.6 is 0 Å². The molecule has 0 radical (unpaired) electrons. The van der Waals surface area contributed by atoms with Crippen molar-refractivity contribution in [2.45, 2.75) is 52.9 Å². The third-order valence-corrected chi connectivity index (χ3v) is 4.83. The first kappa shape index (κ1) is 14.8. The van der Waals surface area contributed by atoms with Crippen molar-refractivity contribution in [3.05, 3.63) is 0 Å². The summed E-state index contributed by atoms with van der Waals surface area (Å²) in [5.74, 6) is 1.50. The van der Waals surface area contributed by atoms with Crippen LogP contribution in [0.15, 0.2) is 0 Å². The average Bonchev–Trinajstić information content (AvgIpc) is 2.35. The second-order valence-corrected chi connectivity index (χ2v) is 7.59. The minimum Gasteiger partial charge on any atom is -0.396 e. The van der Waals surface area contributed by atoms with Crippen LogP contribution in [0.4, 0.5) is 0 Å². The summed E-state index contributed by atoms with van der Waals surface area (Å²) in [7, 11) is 0. The molecule has 1 saturated carbocycles. The summed E-state index contributed by atoms with van der Waals surface area (Å²) in [5, 5.41) is 9.29. The smallest absolute Gasteiger partial charge is 0.225 e. The summed E-state index contributed by atoms with van der Waals surface area (Å²) < 4.78 is 0. The summed E-state index contributed by atoms with van der Waals surface area (Å²) >= 11 is 0. The number of amides is 1. The van der Waals surface area contributed by atoms with Gasteiger partial charge in [0, 0.05) is 25.6 Å². The van der Waals surface area contributed by atoms with E-state index in [1.54, 1.807) is 0 Å². The van der Waals surface area contributed by atoms with Crippen LogP contribution in [0, 0.1) is 23.2 Å². The fourth-order valence-corrected chi connectivity index (χ4v) is 4.21. The monoisotopic (exact) mass is 267 g/mol. The molecular formula is C16H29NO2. The van der Waals surface area contributed by atoms with E-state index < -0.39 is 0 Å². The fraction of sp³-hybridized carbons (Fsp3) is 0.938. The van der Waals surface area contributed by atoms with Gasteiger partial charge in [0.25, 0.3) is 0 Å². The highest BCUT2D eigenvalue weighted by molar-refractivity contribution is 5.79. The van der Waals surface area contributed by atoms with Crippen molar-refractivity contribution in [3.63, 3.8) is 0 Å². The van der Waals surface area contributed by atoms with E-state index in [2.05, 4.69) is 20.8 Å². The number of aliphatic hydroxyl groups is 1. The van der Waals surface area contributed by atoms with E-state index in [9.17, 15) is 9.90 Å². The number of rotatable bonds is 2. The molecule has 1 amide bonds. The molecule has 1 aliphatic carbocycles. The average molecular weight is 267 g/mol. The van der Waals surface area contributed by atoms with Crippen molar-refractivity contribution in [1.29, 1.82) is 0 Å². The predicted molar refractivity (Wildman–Crippen MR) is 76.7 cm³/mol. The van der Waals surface area contributed by atoms with Crippen LogP contribution in [0.3, 0.4) is 0 Å². The van der Waals surface area contributed by atoms with Crippen LogP contribution in [0.2, 0.25) is 0 Å². The lowest BCUT2D eigenvalue weighted by atomic mass is 9.67. The molecule has 3 nitrogen and oxygen atoms in total. The molecule has 2 rings (SSSR count). The SMILES string of the molecule is CC1CC(C(=O)N2CCCC(CO)C2)CC(C)(C)C1. The van der Waals surface area contributed by atoms with Gasteiger partial charge >= 0.3 is 0 Å². The molecule has 0 bridgehead atoms. The molecular weight excluding hydrogens is 238 g/mol. The summed E-state index contributed by atoms with van der Waals surface area (Å²) in [4.78, 5) is 14.7. The highest BCUT2D eigenvalue weighted by Gasteiger charge is 2.38. The van der Waals surface area contributed by atoms with Gasteiger partial charge in [-0.05, 0) is 49.4 Å². The van der Waals surface area contributed by atoms with Crippen LogP contribution in [0.5, 0.6) is 0 Å².